The minimum atomic E-state index is -4.43. The number of thiophene rings is 1. The van der Waals surface area contributed by atoms with Crippen molar-refractivity contribution in [1.82, 2.24) is 14.8 Å². The van der Waals surface area contributed by atoms with E-state index in [0.29, 0.717) is 27.6 Å². The highest BCUT2D eigenvalue weighted by Crippen LogP contribution is 2.31. The molecule has 1 amide bonds. The second kappa shape index (κ2) is 8.23. The number of carbonyl (C=O) groups excluding carboxylic acids is 1. The van der Waals surface area contributed by atoms with Crippen LogP contribution in [0.15, 0.2) is 66.0 Å². The normalized spacial score (nSPS) is 11.4. The fourth-order valence-electron chi connectivity index (χ4n) is 2.87. The smallest absolute Gasteiger partial charge is 0.416 e. The van der Waals surface area contributed by atoms with Gasteiger partial charge in [-0.2, -0.15) is 18.2 Å². The third-order valence-electron chi connectivity index (χ3n) is 4.33. The van der Waals surface area contributed by atoms with Gasteiger partial charge in [-0.1, -0.05) is 24.3 Å². The van der Waals surface area contributed by atoms with E-state index in [0.717, 1.165) is 12.1 Å². The number of methoxy groups -OCH3 is 1. The number of hydrogen-bond acceptors (Lipinski definition) is 5. The van der Waals surface area contributed by atoms with Crippen LogP contribution in [0.3, 0.4) is 0 Å². The molecule has 0 spiro atoms. The monoisotopic (exact) mass is 444 g/mol. The van der Waals surface area contributed by atoms with Gasteiger partial charge in [0.25, 0.3) is 5.91 Å². The fourth-order valence-corrected chi connectivity index (χ4v) is 3.49. The Morgan fingerprint density at radius 3 is 2.52 bits per heavy atom. The van der Waals surface area contributed by atoms with E-state index < -0.39 is 11.7 Å². The molecule has 4 aromatic rings. The Balaban J connectivity index is 1.69. The number of halogens is 3. The summed E-state index contributed by atoms with van der Waals surface area (Å²) in [6, 6.07) is 15.1. The first-order chi connectivity index (χ1) is 14.8. The first-order valence-corrected chi connectivity index (χ1v) is 9.87. The number of nitrogens with zero attached hydrogens (tertiary/aromatic N) is 3. The molecule has 6 nitrogen and oxygen atoms in total. The number of alkyl halides is 3. The number of rotatable bonds is 5. The SMILES string of the molecule is COc1nc(-c2ccc(C(F)(F)F)cc2)n(-c2cccc(NC(=O)c3cccs3)c2)n1. The van der Waals surface area contributed by atoms with Gasteiger partial charge in [-0.05, 0) is 41.8 Å². The van der Waals surface area contributed by atoms with Gasteiger partial charge in [-0.25, -0.2) is 4.68 Å². The van der Waals surface area contributed by atoms with Crippen molar-refractivity contribution in [2.75, 3.05) is 12.4 Å². The second-order valence-electron chi connectivity index (χ2n) is 6.39. The quantitative estimate of drug-likeness (QED) is 0.455. The van der Waals surface area contributed by atoms with Crippen LogP contribution in [0.1, 0.15) is 15.2 Å². The maximum Gasteiger partial charge on any atom is 0.416 e. The number of carbonyl (C=O) groups is 1. The Kier molecular flexibility index (Phi) is 5.47. The number of amides is 1. The zero-order valence-corrected chi connectivity index (χ0v) is 16.9. The lowest BCUT2D eigenvalue weighted by Crippen LogP contribution is -2.10. The largest absolute Gasteiger partial charge is 0.466 e. The van der Waals surface area contributed by atoms with Crippen LogP contribution in [-0.2, 0) is 6.18 Å². The average Bonchev–Trinajstić information content (AvgIpc) is 3.44. The summed E-state index contributed by atoms with van der Waals surface area (Å²) in [5.41, 5.74) is 0.753. The van der Waals surface area contributed by atoms with E-state index in [1.807, 2.05) is 5.38 Å². The third kappa shape index (κ3) is 4.43. The van der Waals surface area contributed by atoms with E-state index in [-0.39, 0.29) is 11.9 Å². The number of ether oxygens (including phenoxy) is 1. The standard InChI is InChI=1S/C21H15F3N4O2S/c1-30-20-26-18(13-7-9-14(10-8-13)21(22,23)24)28(27-20)16-5-2-4-15(12-16)25-19(29)17-6-3-11-31-17/h2-12H,1H3,(H,25,29). The van der Waals surface area contributed by atoms with Crippen LogP contribution in [0, 0.1) is 0 Å². The molecule has 0 bridgehead atoms. The molecular formula is C21H15F3N4O2S. The van der Waals surface area contributed by atoms with Crippen molar-refractivity contribution >= 4 is 22.9 Å². The number of aromatic nitrogens is 3. The molecule has 0 saturated heterocycles. The number of hydrogen-bond donors (Lipinski definition) is 1. The molecule has 0 unspecified atom stereocenters. The van der Waals surface area contributed by atoms with Crippen molar-refractivity contribution in [3.8, 4) is 23.1 Å². The summed E-state index contributed by atoms with van der Waals surface area (Å²) in [6.45, 7) is 0. The predicted molar refractivity (Wildman–Crippen MR) is 111 cm³/mol. The maximum atomic E-state index is 12.9. The molecule has 2 aromatic carbocycles. The molecule has 1 N–H and O–H groups in total. The molecular weight excluding hydrogens is 429 g/mol. The average molecular weight is 444 g/mol. The summed E-state index contributed by atoms with van der Waals surface area (Å²) in [5.74, 6) is 0.0543. The van der Waals surface area contributed by atoms with E-state index in [1.165, 1.54) is 35.3 Å². The van der Waals surface area contributed by atoms with Gasteiger partial charge in [0, 0.05) is 11.3 Å². The topological polar surface area (TPSA) is 69.0 Å². The van der Waals surface area contributed by atoms with Crippen molar-refractivity contribution < 1.29 is 22.7 Å². The lowest BCUT2D eigenvalue weighted by atomic mass is 10.1. The predicted octanol–water partition coefficient (Wildman–Crippen LogP) is 5.28. The lowest BCUT2D eigenvalue weighted by Gasteiger charge is -2.10. The van der Waals surface area contributed by atoms with Gasteiger partial charge in [0.05, 0.1) is 23.2 Å². The van der Waals surface area contributed by atoms with Crippen molar-refractivity contribution in [2.24, 2.45) is 0 Å². The van der Waals surface area contributed by atoms with Gasteiger partial charge >= 0.3 is 12.2 Å². The van der Waals surface area contributed by atoms with Gasteiger partial charge in [0.15, 0.2) is 5.82 Å². The van der Waals surface area contributed by atoms with E-state index >= 15 is 0 Å². The van der Waals surface area contributed by atoms with Crippen molar-refractivity contribution in [2.45, 2.75) is 6.18 Å². The zero-order chi connectivity index (χ0) is 22.0. The molecule has 0 radical (unpaired) electrons. The molecule has 0 aliphatic heterocycles. The molecule has 0 fully saturated rings. The third-order valence-corrected chi connectivity index (χ3v) is 5.20. The Labute approximate surface area is 178 Å². The number of benzene rings is 2. The molecule has 0 saturated carbocycles. The van der Waals surface area contributed by atoms with E-state index in [4.69, 9.17) is 4.74 Å². The molecule has 2 aromatic heterocycles. The molecule has 10 heteroatoms. The first kappa shape index (κ1) is 20.6. The summed E-state index contributed by atoms with van der Waals surface area (Å²) in [5, 5.41) is 8.89. The minimum Gasteiger partial charge on any atom is -0.466 e. The Hall–Kier alpha value is -3.66. The Bertz CT molecular complexity index is 1200. The molecule has 0 aliphatic carbocycles. The highest BCUT2D eigenvalue weighted by atomic mass is 32.1. The van der Waals surface area contributed by atoms with E-state index in [1.54, 1.807) is 36.4 Å². The van der Waals surface area contributed by atoms with Crippen LogP contribution in [-0.4, -0.2) is 27.8 Å². The number of nitrogens with one attached hydrogen (secondary N) is 1. The van der Waals surface area contributed by atoms with Crippen LogP contribution in [0.2, 0.25) is 0 Å². The molecule has 2 heterocycles. The maximum absolute atomic E-state index is 12.9. The Morgan fingerprint density at radius 1 is 1.10 bits per heavy atom. The minimum absolute atomic E-state index is 0.0583. The van der Waals surface area contributed by atoms with Crippen LogP contribution in [0.25, 0.3) is 17.1 Å². The summed E-state index contributed by atoms with van der Waals surface area (Å²) < 4.78 is 45.2. The van der Waals surface area contributed by atoms with Crippen LogP contribution >= 0.6 is 11.3 Å². The van der Waals surface area contributed by atoms with Crippen molar-refractivity contribution in [3.05, 3.63) is 76.5 Å². The first-order valence-electron chi connectivity index (χ1n) is 8.99. The van der Waals surface area contributed by atoms with Gasteiger partial charge in [0.1, 0.15) is 0 Å². The zero-order valence-electron chi connectivity index (χ0n) is 16.1. The van der Waals surface area contributed by atoms with Gasteiger partial charge < -0.3 is 10.1 Å². The second-order valence-corrected chi connectivity index (χ2v) is 7.34. The van der Waals surface area contributed by atoms with Crippen molar-refractivity contribution in [1.29, 1.82) is 0 Å². The van der Waals surface area contributed by atoms with Crippen LogP contribution < -0.4 is 10.1 Å². The molecule has 31 heavy (non-hydrogen) atoms. The van der Waals surface area contributed by atoms with E-state index in [9.17, 15) is 18.0 Å². The number of anilines is 1. The molecule has 0 atom stereocenters. The lowest BCUT2D eigenvalue weighted by molar-refractivity contribution is -0.137. The van der Waals surface area contributed by atoms with Gasteiger partial charge in [-0.15, -0.1) is 16.4 Å². The van der Waals surface area contributed by atoms with Crippen LogP contribution in [0.4, 0.5) is 18.9 Å². The highest BCUT2D eigenvalue weighted by molar-refractivity contribution is 7.12. The van der Waals surface area contributed by atoms with Crippen LogP contribution in [0.5, 0.6) is 6.01 Å². The molecule has 0 aliphatic rings. The summed E-state index contributed by atoms with van der Waals surface area (Å²) >= 11 is 1.32. The summed E-state index contributed by atoms with van der Waals surface area (Å²) in [6.07, 6.45) is -4.43. The highest BCUT2D eigenvalue weighted by Gasteiger charge is 2.30. The van der Waals surface area contributed by atoms with E-state index in [2.05, 4.69) is 15.4 Å². The van der Waals surface area contributed by atoms with Gasteiger partial charge in [0.2, 0.25) is 0 Å². The summed E-state index contributed by atoms with van der Waals surface area (Å²) in [4.78, 5) is 17.2. The summed E-state index contributed by atoms with van der Waals surface area (Å²) in [7, 11) is 1.40. The Morgan fingerprint density at radius 2 is 1.87 bits per heavy atom. The van der Waals surface area contributed by atoms with Crippen molar-refractivity contribution in [3.63, 3.8) is 0 Å². The molecule has 158 valence electrons. The molecule has 4 rings (SSSR count). The van der Waals surface area contributed by atoms with Gasteiger partial charge in [-0.3, -0.25) is 4.79 Å². The fraction of sp³-hybridized carbons (Fsp3) is 0.0952.